The molecule has 0 amide bonds. The Morgan fingerprint density at radius 1 is 0.293 bits per heavy atom. The van der Waals surface area contributed by atoms with Gasteiger partial charge in [0.2, 0.25) is 0 Å². The number of aromatic nitrogens is 3. The van der Waals surface area contributed by atoms with Crippen LogP contribution < -0.4 is 0 Å². The molecule has 0 spiro atoms. The van der Waals surface area contributed by atoms with Crippen molar-refractivity contribution in [3.8, 4) is 56.4 Å². The summed E-state index contributed by atoms with van der Waals surface area (Å²) in [7, 11) is 0. The van der Waals surface area contributed by atoms with Crippen molar-refractivity contribution in [2.45, 2.75) is 0 Å². The average Bonchev–Trinajstić information content (AvgIpc) is 3.85. The lowest BCUT2D eigenvalue weighted by atomic mass is 9.93. The molecule has 0 atom stereocenters. The van der Waals surface area contributed by atoms with Crippen LogP contribution >= 0.6 is 0 Å². The monoisotopic (exact) mass is 741 g/mol. The van der Waals surface area contributed by atoms with Crippen LogP contribution in [0.4, 0.5) is 0 Å². The van der Waals surface area contributed by atoms with Crippen LogP contribution in [0.25, 0.3) is 122 Å². The molecule has 0 bridgehead atoms. The number of para-hydroxylation sites is 1. The molecule has 270 valence electrons. The van der Waals surface area contributed by atoms with E-state index in [9.17, 15) is 0 Å². The molecule has 12 aromatic rings. The van der Waals surface area contributed by atoms with E-state index in [1.165, 1.54) is 5.39 Å². The molecule has 3 aromatic heterocycles. The molecule has 0 aliphatic heterocycles. The van der Waals surface area contributed by atoms with Crippen molar-refractivity contribution < 1.29 is 8.83 Å². The third-order valence-corrected chi connectivity index (χ3v) is 11.3. The van der Waals surface area contributed by atoms with Gasteiger partial charge in [0, 0.05) is 38.2 Å². The topological polar surface area (TPSA) is 65.0 Å². The molecule has 0 saturated heterocycles. The molecule has 9 aromatic carbocycles. The van der Waals surface area contributed by atoms with E-state index in [1.54, 1.807) is 0 Å². The lowest BCUT2D eigenvalue weighted by molar-refractivity contribution is 0.668. The minimum absolute atomic E-state index is 0.565. The Kier molecular flexibility index (Phi) is 7.16. The first-order valence-corrected chi connectivity index (χ1v) is 19.4. The predicted octanol–water partition coefficient (Wildman–Crippen LogP) is 14.3. The first kappa shape index (κ1) is 32.4. The maximum absolute atomic E-state index is 6.51. The van der Waals surface area contributed by atoms with Crippen LogP contribution in [0.2, 0.25) is 0 Å². The number of nitrogens with zero attached hydrogens (tertiary/aromatic N) is 3. The van der Waals surface area contributed by atoms with Crippen LogP contribution in [0.1, 0.15) is 0 Å². The van der Waals surface area contributed by atoms with Gasteiger partial charge >= 0.3 is 0 Å². The Labute approximate surface area is 332 Å². The highest BCUT2D eigenvalue weighted by Gasteiger charge is 2.23. The van der Waals surface area contributed by atoms with Crippen molar-refractivity contribution in [3.63, 3.8) is 0 Å². The SMILES string of the molecule is c1ccc(-c2ccc(-c3nc(-c4ccc5ccccc5c4)nc(-c4c(-c5ccc6oc7cc8ccccc8cc7c6c5)ccc5oc6ccccc6c45)n3)cc2)cc1. The van der Waals surface area contributed by atoms with Gasteiger partial charge in [0.05, 0.1) is 0 Å². The van der Waals surface area contributed by atoms with Crippen LogP contribution in [0.15, 0.2) is 197 Å². The first-order chi connectivity index (χ1) is 28.7. The summed E-state index contributed by atoms with van der Waals surface area (Å²) in [6.07, 6.45) is 0. The molecular formula is C53H31N3O2. The highest BCUT2D eigenvalue weighted by molar-refractivity contribution is 6.16. The standard InChI is InChI=1S/C53H31N3O2/c1-2-10-32(11-3-1)34-18-21-35(22-19-34)51-54-52(40-23-20-33-12-4-5-13-36(33)28-40)56-53(55-51)50-41(25-27-47-49(50)42-16-8-9-17-45(42)57-47)39-24-26-46-43(30-39)44-29-37-14-6-7-15-38(37)31-48(44)58-46/h1-31H. The van der Waals surface area contributed by atoms with E-state index in [0.717, 1.165) is 99.0 Å². The van der Waals surface area contributed by atoms with Crippen molar-refractivity contribution in [1.29, 1.82) is 0 Å². The summed E-state index contributed by atoms with van der Waals surface area (Å²) < 4.78 is 12.9. The van der Waals surface area contributed by atoms with Crippen molar-refractivity contribution in [2.24, 2.45) is 0 Å². The summed E-state index contributed by atoms with van der Waals surface area (Å²) >= 11 is 0. The van der Waals surface area contributed by atoms with Crippen molar-refractivity contribution >= 4 is 65.4 Å². The van der Waals surface area contributed by atoms with E-state index in [1.807, 2.05) is 18.2 Å². The summed E-state index contributed by atoms with van der Waals surface area (Å²) in [5.41, 5.74) is 10.2. The molecule has 0 fully saturated rings. The second kappa shape index (κ2) is 12.8. The minimum atomic E-state index is 0.565. The van der Waals surface area contributed by atoms with Gasteiger partial charge in [-0.15, -0.1) is 0 Å². The van der Waals surface area contributed by atoms with Gasteiger partial charge < -0.3 is 8.83 Å². The number of hydrogen-bond donors (Lipinski definition) is 0. The Balaban J connectivity index is 1.12. The van der Waals surface area contributed by atoms with E-state index in [-0.39, 0.29) is 0 Å². The van der Waals surface area contributed by atoms with E-state index < -0.39 is 0 Å². The van der Waals surface area contributed by atoms with Crippen LogP contribution in [0, 0.1) is 0 Å². The number of rotatable bonds is 5. The molecule has 3 heterocycles. The van der Waals surface area contributed by atoms with E-state index in [0.29, 0.717) is 17.5 Å². The Bertz CT molecular complexity index is 3570. The van der Waals surface area contributed by atoms with Gasteiger partial charge in [0.25, 0.3) is 0 Å². The zero-order valence-electron chi connectivity index (χ0n) is 31.1. The molecule has 0 aliphatic carbocycles. The molecule has 5 nitrogen and oxygen atoms in total. The summed E-state index contributed by atoms with van der Waals surface area (Å²) in [6.45, 7) is 0. The second-order valence-electron chi connectivity index (χ2n) is 14.8. The fraction of sp³-hybridized carbons (Fsp3) is 0. The maximum atomic E-state index is 6.51. The first-order valence-electron chi connectivity index (χ1n) is 19.4. The summed E-state index contributed by atoms with van der Waals surface area (Å²) in [5, 5.41) is 8.67. The number of fused-ring (bicyclic) bond motifs is 8. The molecule has 0 unspecified atom stereocenters. The van der Waals surface area contributed by atoms with Gasteiger partial charge in [0.15, 0.2) is 17.5 Å². The van der Waals surface area contributed by atoms with Gasteiger partial charge in [-0.3, -0.25) is 0 Å². The Morgan fingerprint density at radius 2 is 0.845 bits per heavy atom. The zero-order chi connectivity index (χ0) is 38.2. The quantitative estimate of drug-likeness (QED) is 0.176. The zero-order valence-corrected chi connectivity index (χ0v) is 31.1. The Hall–Kier alpha value is -7.89. The smallest absolute Gasteiger partial charge is 0.165 e. The molecule has 5 heteroatoms. The van der Waals surface area contributed by atoms with Crippen LogP contribution in [0.5, 0.6) is 0 Å². The highest BCUT2D eigenvalue weighted by atomic mass is 16.3. The number of hydrogen-bond acceptors (Lipinski definition) is 5. The summed E-state index contributed by atoms with van der Waals surface area (Å²) in [5.74, 6) is 1.75. The van der Waals surface area contributed by atoms with E-state index >= 15 is 0 Å². The number of furan rings is 2. The molecule has 12 rings (SSSR count). The normalized spacial score (nSPS) is 11.8. The van der Waals surface area contributed by atoms with Gasteiger partial charge in [0.1, 0.15) is 22.3 Å². The van der Waals surface area contributed by atoms with Crippen molar-refractivity contribution in [3.05, 3.63) is 188 Å². The fourth-order valence-electron chi connectivity index (χ4n) is 8.44. The van der Waals surface area contributed by atoms with Gasteiger partial charge in [-0.2, -0.15) is 0 Å². The van der Waals surface area contributed by atoms with E-state index in [4.69, 9.17) is 23.8 Å². The van der Waals surface area contributed by atoms with Crippen molar-refractivity contribution in [1.82, 2.24) is 15.0 Å². The summed E-state index contributed by atoms with van der Waals surface area (Å²) in [6, 6.07) is 65.2. The third-order valence-electron chi connectivity index (χ3n) is 11.3. The van der Waals surface area contributed by atoms with Crippen LogP contribution in [-0.4, -0.2) is 15.0 Å². The largest absolute Gasteiger partial charge is 0.456 e. The average molecular weight is 742 g/mol. The minimum Gasteiger partial charge on any atom is -0.456 e. The molecule has 0 radical (unpaired) electrons. The number of benzene rings is 9. The van der Waals surface area contributed by atoms with Crippen LogP contribution in [0.3, 0.4) is 0 Å². The lowest BCUT2D eigenvalue weighted by Crippen LogP contribution is -2.01. The van der Waals surface area contributed by atoms with Crippen LogP contribution in [-0.2, 0) is 0 Å². The van der Waals surface area contributed by atoms with Gasteiger partial charge in [-0.05, 0) is 92.3 Å². The maximum Gasteiger partial charge on any atom is 0.165 e. The predicted molar refractivity (Wildman–Crippen MR) is 237 cm³/mol. The lowest BCUT2D eigenvalue weighted by Gasteiger charge is -2.14. The van der Waals surface area contributed by atoms with Gasteiger partial charge in [-0.25, -0.2) is 15.0 Å². The summed E-state index contributed by atoms with van der Waals surface area (Å²) in [4.78, 5) is 15.9. The highest BCUT2D eigenvalue weighted by Crippen LogP contribution is 2.44. The fourth-order valence-corrected chi connectivity index (χ4v) is 8.44. The second-order valence-corrected chi connectivity index (χ2v) is 14.8. The molecule has 0 N–H and O–H groups in total. The van der Waals surface area contributed by atoms with Gasteiger partial charge in [-0.1, -0.05) is 140 Å². The molecule has 0 aliphatic rings. The Morgan fingerprint density at radius 3 is 1.67 bits per heavy atom. The molecule has 58 heavy (non-hydrogen) atoms. The third kappa shape index (κ3) is 5.29. The van der Waals surface area contributed by atoms with Crippen molar-refractivity contribution in [2.75, 3.05) is 0 Å². The van der Waals surface area contributed by atoms with E-state index in [2.05, 4.69) is 170 Å². The molecular weight excluding hydrogens is 711 g/mol. The molecule has 0 saturated carbocycles.